The van der Waals surface area contributed by atoms with Crippen molar-refractivity contribution in [3.8, 4) is 27.9 Å². The molecule has 8 aromatic carbocycles. The van der Waals surface area contributed by atoms with Gasteiger partial charge in [0.25, 0.3) is 0 Å². The molecule has 0 saturated carbocycles. The predicted octanol–water partition coefficient (Wildman–Crippen LogP) is 13.1. The molecule has 5 heteroatoms. The van der Waals surface area contributed by atoms with E-state index in [1.807, 2.05) is 60.7 Å². The number of rotatable bonds is 5. The van der Waals surface area contributed by atoms with Crippen LogP contribution in [-0.2, 0) is 6.54 Å². The van der Waals surface area contributed by atoms with Crippen LogP contribution in [0.2, 0.25) is 0 Å². The number of anilines is 3. The van der Waals surface area contributed by atoms with Crippen molar-refractivity contribution in [3.05, 3.63) is 217 Å². The molecule has 3 N–H and O–H groups in total. The van der Waals surface area contributed by atoms with Gasteiger partial charge in [-0.05, 0) is 78.9 Å². The molecule has 0 radical (unpaired) electrons. The SMILES string of the molecule is C=NCc1ccccc1.Cc1cccc(-n2c3ccccc3c3c4c(ccc32)-c2ccccc2N(c2ccccc2)c2ccccc2-4)c1.N=C(N)c1ccccc1. The van der Waals surface area contributed by atoms with Gasteiger partial charge < -0.3 is 15.2 Å². The van der Waals surface area contributed by atoms with Gasteiger partial charge in [0.15, 0.2) is 0 Å². The van der Waals surface area contributed by atoms with Gasteiger partial charge in [0.05, 0.1) is 29.0 Å². The number of aryl methyl sites for hydroxylation is 1. The quantitative estimate of drug-likeness (QED) is 0.136. The highest BCUT2D eigenvalue weighted by Gasteiger charge is 2.28. The van der Waals surface area contributed by atoms with Crippen molar-refractivity contribution >= 4 is 51.4 Å². The number of amidine groups is 1. The van der Waals surface area contributed by atoms with Crippen molar-refractivity contribution in [2.75, 3.05) is 4.90 Å². The molecular weight excluding hydrogens is 695 g/mol. The first kappa shape index (κ1) is 36.5. The van der Waals surface area contributed by atoms with E-state index in [2.05, 4.69) is 168 Å². The van der Waals surface area contributed by atoms with Crippen LogP contribution >= 0.6 is 0 Å². The summed E-state index contributed by atoms with van der Waals surface area (Å²) in [6.07, 6.45) is 0. The molecule has 10 rings (SSSR count). The van der Waals surface area contributed by atoms with Crippen LogP contribution in [0.5, 0.6) is 0 Å². The first-order valence-corrected chi connectivity index (χ1v) is 19.1. The Hall–Kier alpha value is -7.50. The van der Waals surface area contributed by atoms with E-state index in [9.17, 15) is 0 Å². The number of nitrogens with zero attached hydrogens (tertiary/aromatic N) is 3. The molecule has 1 aliphatic rings. The monoisotopic (exact) mass is 737 g/mol. The first-order valence-electron chi connectivity index (χ1n) is 19.1. The zero-order valence-corrected chi connectivity index (χ0v) is 31.9. The third-order valence-corrected chi connectivity index (χ3v) is 10.2. The first-order chi connectivity index (χ1) is 28.0. The number of nitrogen functional groups attached to an aromatic ring is 1. The Morgan fingerprint density at radius 1 is 0.561 bits per heavy atom. The van der Waals surface area contributed by atoms with E-state index in [1.54, 1.807) is 0 Å². The molecule has 1 aromatic heterocycles. The van der Waals surface area contributed by atoms with Gasteiger partial charge in [0, 0.05) is 44.4 Å². The highest BCUT2D eigenvalue weighted by molar-refractivity contribution is 6.21. The van der Waals surface area contributed by atoms with Gasteiger partial charge in [-0.1, -0.05) is 152 Å². The lowest BCUT2D eigenvalue weighted by molar-refractivity contribution is 1.08. The lowest BCUT2D eigenvalue weighted by Gasteiger charge is -2.27. The van der Waals surface area contributed by atoms with Crippen LogP contribution in [0.1, 0.15) is 16.7 Å². The molecule has 0 aliphatic carbocycles. The number of aromatic nitrogens is 1. The lowest BCUT2D eigenvalue weighted by Crippen LogP contribution is -2.10. The van der Waals surface area contributed by atoms with Gasteiger partial charge >= 0.3 is 0 Å². The Balaban J connectivity index is 0.000000208. The number of aliphatic imine (C=N–C) groups is 1. The fourth-order valence-corrected chi connectivity index (χ4v) is 7.70. The number of nitrogens with two attached hydrogens (primary N) is 1. The summed E-state index contributed by atoms with van der Waals surface area (Å²) >= 11 is 0. The molecule has 0 fully saturated rings. The fraction of sp³-hybridized carbons (Fsp3) is 0.0385. The number of hydrogen-bond donors (Lipinski definition) is 2. The molecule has 5 nitrogen and oxygen atoms in total. The summed E-state index contributed by atoms with van der Waals surface area (Å²) < 4.78 is 2.42. The van der Waals surface area contributed by atoms with Gasteiger partial charge in [0.2, 0.25) is 0 Å². The molecule has 276 valence electrons. The van der Waals surface area contributed by atoms with E-state index in [4.69, 9.17) is 11.1 Å². The smallest absolute Gasteiger partial charge is 0.122 e. The average Bonchev–Trinajstić information content (AvgIpc) is 3.54. The van der Waals surface area contributed by atoms with E-state index in [0.717, 1.165) is 17.8 Å². The molecule has 2 heterocycles. The molecule has 0 amide bonds. The van der Waals surface area contributed by atoms with Crippen LogP contribution in [-0.4, -0.2) is 17.1 Å². The van der Waals surface area contributed by atoms with Gasteiger partial charge in [-0.15, -0.1) is 0 Å². The van der Waals surface area contributed by atoms with Crippen molar-refractivity contribution in [2.24, 2.45) is 10.7 Å². The van der Waals surface area contributed by atoms with Crippen LogP contribution in [0.15, 0.2) is 205 Å². The zero-order chi connectivity index (χ0) is 39.1. The summed E-state index contributed by atoms with van der Waals surface area (Å²) in [7, 11) is 0. The summed E-state index contributed by atoms with van der Waals surface area (Å²) in [5.74, 6) is 0.121. The van der Waals surface area contributed by atoms with Crippen molar-refractivity contribution < 1.29 is 0 Å². The van der Waals surface area contributed by atoms with Gasteiger partial charge in [-0.2, -0.15) is 0 Å². The van der Waals surface area contributed by atoms with Crippen molar-refractivity contribution in [2.45, 2.75) is 13.5 Å². The Kier molecular flexibility index (Phi) is 10.5. The highest BCUT2D eigenvalue weighted by Crippen LogP contribution is 2.53. The number of nitrogens with one attached hydrogen (secondary N) is 1. The molecule has 57 heavy (non-hydrogen) atoms. The van der Waals surface area contributed by atoms with Gasteiger partial charge in [0.1, 0.15) is 5.84 Å². The molecular formula is C52H43N5. The molecule has 0 spiro atoms. The number of hydrogen-bond acceptors (Lipinski definition) is 3. The fourth-order valence-electron chi connectivity index (χ4n) is 7.70. The maximum atomic E-state index is 7.01. The predicted molar refractivity (Wildman–Crippen MR) is 242 cm³/mol. The van der Waals surface area contributed by atoms with E-state index < -0.39 is 0 Å². The Morgan fingerprint density at radius 2 is 1.14 bits per heavy atom. The third kappa shape index (κ3) is 7.34. The number of benzene rings is 8. The second-order valence-electron chi connectivity index (χ2n) is 13.9. The Labute approximate surface area is 334 Å². The molecule has 0 atom stereocenters. The van der Waals surface area contributed by atoms with Crippen LogP contribution in [0.3, 0.4) is 0 Å². The van der Waals surface area contributed by atoms with Gasteiger partial charge in [-0.25, -0.2) is 0 Å². The van der Waals surface area contributed by atoms with E-state index >= 15 is 0 Å². The summed E-state index contributed by atoms with van der Waals surface area (Å²) in [6.45, 7) is 6.29. The summed E-state index contributed by atoms with van der Waals surface area (Å²) in [4.78, 5) is 6.17. The number of fused-ring (bicyclic) bond motifs is 9. The zero-order valence-electron chi connectivity index (χ0n) is 31.9. The maximum absolute atomic E-state index is 7.01. The molecule has 0 unspecified atom stereocenters. The highest BCUT2D eigenvalue weighted by atomic mass is 15.1. The topological polar surface area (TPSA) is 70.4 Å². The van der Waals surface area contributed by atoms with Crippen molar-refractivity contribution in [1.29, 1.82) is 5.41 Å². The van der Waals surface area contributed by atoms with Crippen LogP contribution < -0.4 is 10.6 Å². The maximum Gasteiger partial charge on any atom is 0.122 e. The minimum absolute atomic E-state index is 0.121. The summed E-state index contributed by atoms with van der Waals surface area (Å²) in [5.41, 5.74) is 20.6. The minimum Gasteiger partial charge on any atom is -0.384 e. The largest absolute Gasteiger partial charge is 0.384 e. The van der Waals surface area contributed by atoms with Crippen LogP contribution in [0, 0.1) is 12.3 Å². The summed E-state index contributed by atoms with van der Waals surface area (Å²) in [6, 6.07) is 69.9. The second kappa shape index (κ2) is 16.5. The van der Waals surface area contributed by atoms with E-state index in [-0.39, 0.29) is 5.84 Å². The minimum atomic E-state index is 0.121. The molecule has 9 aromatic rings. The molecule has 0 saturated heterocycles. The Bertz CT molecular complexity index is 2820. The van der Waals surface area contributed by atoms with Crippen LogP contribution in [0.4, 0.5) is 17.1 Å². The standard InChI is InChI=1S/C37H26N2.C8H9N.C7H8N2/c1-25-12-11-15-27(24-25)39-34-21-10-7-18-31(34)37-35(39)23-22-29-28-16-5-8-19-32(28)38(26-13-3-2-4-14-26)33-20-9-6-17-30(33)36(29)37;1-9-7-8-5-3-2-4-6-8;8-7(9)6-4-2-1-3-5-6/h2-24H,1H3;2-6H,1,7H2;1-5H,(H3,8,9). The molecule has 1 aliphatic heterocycles. The second-order valence-corrected chi connectivity index (χ2v) is 13.9. The molecule has 0 bridgehead atoms. The Morgan fingerprint density at radius 3 is 1.81 bits per heavy atom. The lowest BCUT2D eigenvalue weighted by atomic mass is 9.90. The van der Waals surface area contributed by atoms with E-state index in [0.29, 0.717) is 0 Å². The number of para-hydroxylation sites is 4. The van der Waals surface area contributed by atoms with Gasteiger partial charge in [-0.3, -0.25) is 10.4 Å². The summed E-state index contributed by atoms with van der Waals surface area (Å²) in [5, 5.41) is 9.58. The van der Waals surface area contributed by atoms with Crippen molar-refractivity contribution in [3.63, 3.8) is 0 Å². The van der Waals surface area contributed by atoms with E-state index in [1.165, 1.54) is 72.2 Å². The normalized spacial score (nSPS) is 11.1. The third-order valence-electron chi connectivity index (χ3n) is 10.2. The van der Waals surface area contributed by atoms with Crippen molar-refractivity contribution in [1.82, 2.24) is 4.57 Å². The van der Waals surface area contributed by atoms with Crippen LogP contribution in [0.25, 0.3) is 49.7 Å². The average molecular weight is 738 g/mol.